The van der Waals surface area contributed by atoms with Gasteiger partial charge in [-0.2, -0.15) is 0 Å². The lowest BCUT2D eigenvalue weighted by atomic mass is 10.7. The highest BCUT2D eigenvalue weighted by atomic mass is 28.4. The minimum atomic E-state index is -1.30. The first-order chi connectivity index (χ1) is 4.56. The van der Waals surface area contributed by atoms with E-state index in [4.69, 9.17) is 8.54 Å². The Morgan fingerprint density at radius 1 is 1.50 bits per heavy atom. The van der Waals surface area contributed by atoms with E-state index in [1.54, 1.807) is 6.08 Å². The summed E-state index contributed by atoms with van der Waals surface area (Å²) in [5, 5.41) is 0. The molecule has 0 unspecified atom stereocenters. The summed E-state index contributed by atoms with van der Waals surface area (Å²) in [5.41, 5.74) is 0. The summed E-state index contributed by atoms with van der Waals surface area (Å²) >= 11 is 0. The molecule has 0 bridgehead atoms. The summed E-state index contributed by atoms with van der Waals surface area (Å²) in [6, 6.07) is 0. The predicted molar refractivity (Wildman–Crippen MR) is 49.1 cm³/mol. The van der Waals surface area contributed by atoms with Gasteiger partial charge >= 0.3 is 0 Å². The number of hydrogen-bond acceptors (Lipinski definition) is 2. The fourth-order valence-corrected chi connectivity index (χ4v) is 2.36. The van der Waals surface area contributed by atoms with Gasteiger partial charge in [0, 0.05) is 0 Å². The second-order valence-electron chi connectivity index (χ2n) is 3.03. The molecule has 0 rings (SSSR count). The van der Waals surface area contributed by atoms with Gasteiger partial charge in [-0.05, 0) is 19.6 Å². The molecule has 0 saturated carbocycles. The molecule has 0 aliphatic heterocycles. The molecule has 0 aliphatic carbocycles. The Bertz CT molecular complexity index is 98.4. The van der Waals surface area contributed by atoms with Crippen LogP contribution >= 0.6 is 0 Å². The van der Waals surface area contributed by atoms with Crippen molar-refractivity contribution in [3.05, 3.63) is 12.7 Å². The van der Waals surface area contributed by atoms with Gasteiger partial charge in [0.05, 0.1) is 6.61 Å². The lowest BCUT2D eigenvalue weighted by Gasteiger charge is -2.16. The van der Waals surface area contributed by atoms with Gasteiger partial charge in [0.15, 0.2) is 8.32 Å². The summed E-state index contributed by atoms with van der Waals surface area (Å²) in [6.07, 6.45) is 1.75. The Balaban J connectivity index is 3.12. The van der Waals surface area contributed by atoms with Crippen LogP contribution in [0.4, 0.5) is 0 Å². The van der Waals surface area contributed by atoms with Crippen molar-refractivity contribution in [3.8, 4) is 0 Å². The SMILES string of the molecule is C=CCO[SiH2]O[Si](C)(C)C. The zero-order valence-electron chi connectivity index (χ0n) is 7.02. The van der Waals surface area contributed by atoms with E-state index in [2.05, 4.69) is 26.2 Å². The molecule has 0 radical (unpaired) electrons. The van der Waals surface area contributed by atoms with Crippen LogP contribution in [0.5, 0.6) is 0 Å². The van der Waals surface area contributed by atoms with Gasteiger partial charge in [0.2, 0.25) is 0 Å². The molecule has 0 aromatic carbocycles. The normalized spacial score (nSPS) is 12.7. The number of hydrogen-bond donors (Lipinski definition) is 0. The fraction of sp³-hybridized carbons (Fsp3) is 0.667. The molecule has 0 amide bonds. The van der Waals surface area contributed by atoms with E-state index in [1.807, 2.05) is 0 Å². The zero-order valence-corrected chi connectivity index (χ0v) is 9.43. The fourth-order valence-electron chi connectivity index (χ4n) is 0.350. The van der Waals surface area contributed by atoms with Crippen molar-refractivity contribution in [3.63, 3.8) is 0 Å². The van der Waals surface area contributed by atoms with Crippen molar-refractivity contribution in [2.75, 3.05) is 6.61 Å². The van der Waals surface area contributed by atoms with Gasteiger partial charge in [0.25, 0.3) is 10.0 Å². The maximum absolute atomic E-state index is 5.54. The molecule has 2 nitrogen and oxygen atoms in total. The van der Waals surface area contributed by atoms with Crippen LogP contribution in [0, 0.1) is 0 Å². The zero-order chi connectivity index (χ0) is 8.04. The van der Waals surface area contributed by atoms with E-state index in [-0.39, 0.29) is 0 Å². The maximum Gasteiger partial charge on any atom is 0.294 e. The molecule has 0 aromatic rings. The molecule has 0 saturated heterocycles. The molecular weight excluding hydrogens is 160 g/mol. The Labute approximate surface area is 66.4 Å². The first-order valence-corrected chi connectivity index (χ1v) is 7.95. The van der Waals surface area contributed by atoms with Crippen molar-refractivity contribution < 1.29 is 8.54 Å². The van der Waals surface area contributed by atoms with E-state index in [0.29, 0.717) is 6.61 Å². The molecule has 0 atom stereocenters. The molecule has 0 fully saturated rings. The minimum Gasteiger partial charge on any atom is -0.441 e. The summed E-state index contributed by atoms with van der Waals surface area (Å²) < 4.78 is 10.7. The Morgan fingerprint density at radius 2 is 2.10 bits per heavy atom. The van der Waals surface area contributed by atoms with E-state index in [0.717, 1.165) is 0 Å². The molecule has 0 heterocycles. The monoisotopic (exact) mass is 176 g/mol. The first-order valence-electron chi connectivity index (χ1n) is 3.39. The van der Waals surface area contributed by atoms with Crippen LogP contribution in [0.15, 0.2) is 12.7 Å². The Hall–Kier alpha value is 0.0938. The molecule has 0 N–H and O–H groups in total. The van der Waals surface area contributed by atoms with Crippen LogP contribution in [0.3, 0.4) is 0 Å². The van der Waals surface area contributed by atoms with Crippen LogP contribution < -0.4 is 0 Å². The Morgan fingerprint density at radius 3 is 2.50 bits per heavy atom. The highest BCUT2D eigenvalue weighted by molar-refractivity contribution is 6.73. The number of rotatable bonds is 5. The molecule has 60 valence electrons. The van der Waals surface area contributed by atoms with E-state index < -0.39 is 18.3 Å². The van der Waals surface area contributed by atoms with Gasteiger partial charge < -0.3 is 8.54 Å². The second-order valence-corrected chi connectivity index (χ2v) is 9.06. The van der Waals surface area contributed by atoms with Crippen molar-refractivity contribution in [2.24, 2.45) is 0 Å². The highest BCUT2D eigenvalue weighted by Gasteiger charge is 2.12. The third-order valence-electron chi connectivity index (χ3n) is 0.811. The van der Waals surface area contributed by atoms with Crippen LogP contribution in [0.1, 0.15) is 0 Å². The van der Waals surface area contributed by atoms with Crippen LogP contribution in [0.2, 0.25) is 19.6 Å². The summed E-state index contributed by atoms with van der Waals surface area (Å²) in [4.78, 5) is 0. The largest absolute Gasteiger partial charge is 0.441 e. The van der Waals surface area contributed by atoms with E-state index in [1.165, 1.54) is 0 Å². The summed E-state index contributed by atoms with van der Waals surface area (Å²) in [7, 11) is -2.02. The van der Waals surface area contributed by atoms with E-state index >= 15 is 0 Å². The van der Waals surface area contributed by atoms with E-state index in [9.17, 15) is 0 Å². The standard InChI is InChI=1S/C6H16O2Si2/c1-5-6-7-9-8-10(2,3)4/h5H,1,6,9H2,2-4H3. The minimum absolute atomic E-state index is 0.636. The third-order valence-corrected chi connectivity index (χ3v) is 5.15. The van der Waals surface area contributed by atoms with Crippen molar-refractivity contribution >= 4 is 18.3 Å². The Kier molecular flexibility index (Phi) is 4.89. The van der Waals surface area contributed by atoms with Crippen molar-refractivity contribution in [1.82, 2.24) is 0 Å². The van der Waals surface area contributed by atoms with Gasteiger partial charge in [-0.1, -0.05) is 6.08 Å². The van der Waals surface area contributed by atoms with Crippen LogP contribution in [0.25, 0.3) is 0 Å². The average Bonchev–Trinajstić information content (AvgIpc) is 1.78. The lowest BCUT2D eigenvalue weighted by Crippen LogP contribution is -2.28. The first kappa shape index (κ1) is 10.1. The topological polar surface area (TPSA) is 18.5 Å². The van der Waals surface area contributed by atoms with Crippen LogP contribution in [-0.4, -0.2) is 24.9 Å². The van der Waals surface area contributed by atoms with Crippen molar-refractivity contribution in [2.45, 2.75) is 19.6 Å². The van der Waals surface area contributed by atoms with Gasteiger partial charge in [-0.25, -0.2) is 0 Å². The van der Waals surface area contributed by atoms with Gasteiger partial charge in [0.1, 0.15) is 0 Å². The quantitative estimate of drug-likeness (QED) is 0.354. The molecule has 0 aromatic heterocycles. The smallest absolute Gasteiger partial charge is 0.294 e. The molecular formula is C6H16O2Si2. The van der Waals surface area contributed by atoms with Gasteiger partial charge in [-0.15, -0.1) is 6.58 Å². The molecule has 0 aliphatic rings. The molecule has 10 heavy (non-hydrogen) atoms. The summed E-state index contributed by atoms with van der Waals surface area (Å²) in [5.74, 6) is 0. The molecule has 0 spiro atoms. The summed E-state index contributed by atoms with van der Waals surface area (Å²) in [6.45, 7) is 10.7. The predicted octanol–water partition coefficient (Wildman–Crippen LogP) is 1.04. The van der Waals surface area contributed by atoms with Crippen molar-refractivity contribution in [1.29, 1.82) is 0 Å². The average molecular weight is 176 g/mol. The highest BCUT2D eigenvalue weighted by Crippen LogP contribution is 2.00. The molecule has 4 heteroatoms. The second kappa shape index (κ2) is 4.84. The van der Waals surface area contributed by atoms with Crippen LogP contribution in [-0.2, 0) is 8.54 Å². The maximum atomic E-state index is 5.54. The lowest BCUT2D eigenvalue weighted by molar-refractivity contribution is 0.325. The third kappa shape index (κ3) is 8.09. The van der Waals surface area contributed by atoms with Gasteiger partial charge in [-0.3, -0.25) is 0 Å².